The average Bonchev–Trinajstić information content (AvgIpc) is 3.41. The maximum Gasteiger partial charge on any atom is 0.329 e. The van der Waals surface area contributed by atoms with E-state index in [1.54, 1.807) is 11.0 Å². The number of hydrogen-bond acceptors (Lipinski definition) is 7. The van der Waals surface area contributed by atoms with Crippen LogP contribution < -0.4 is 5.32 Å². The molecule has 2 bridgehead atoms. The summed E-state index contributed by atoms with van der Waals surface area (Å²) >= 11 is 0. The first-order chi connectivity index (χ1) is 17.5. The van der Waals surface area contributed by atoms with Crippen molar-refractivity contribution in [3.63, 3.8) is 0 Å². The summed E-state index contributed by atoms with van der Waals surface area (Å²) in [5, 5.41) is 33.1. The van der Waals surface area contributed by atoms with E-state index in [0.717, 1.165) is 32.1 Å². The first-order valence-corrected chi connectivity index (χ1v) is 14.0. The van der Waals surface area contributed by atoms with Gasteiger partial charge in [-0.25, -0.2) is 4.79 Å². The predicted molar refractivity (Wildman–Crippen MR) is 138 cm³/mol. The normalized spacial score (nSPS) is 31.9. The van der Waals surface area contributed by atoms with Gasteiger partial charge in [0.15, 0.2) is 11.5 Å². The minimum Gasteiger partial charge on any atom is -0.504 e. The van der Waals surface area contributed by atoms with Gasteiger partial charge in [-0.1, -0.05) is 39.7 Å². The number of aromatic hydroxyl groups is 2. The zero-order valence-electron chi connectivity index (χ0n) is 22.3. The van der Waals surface area contributed by atoms with Gasteiger partial charge in [-0.3, -0.25) is 10.1 Å². The van der Waals surface area contributed by atoms with Crippen molar-refractivity contribution in [2.75, 3.05) is 6.54 Å². The second-order valence-corrected chi connectivity index (χ2v) is 12.7. The SMILES string of the molecule is CC1(C)C2CCC1(C)C(OC(=O)C1CCCN1C(=O)C(CC1CC1)NC(O)Cc1ccc(O)c(O)c1)C2. The predicted octanol–water partition coefficient (Wildman–Crippen LogP) is 3.47. The molecular weight excluding hydrogens is 472 g/mol. The number of esters is 1. The number of phenolic OH excluding ortho intramolecular Hbond substituents is 2. The lowest BCUT2D eigenvalue weighted by molar-refractivity contribution is -0.165. The van der Waals surface area contributed by atoms with Gasteiger partial charge in [0.2, 0.25) is 5.91 Å². The number of fused-ring (bicyclic) bond motifs is 2. The van der Waals surface area contributed by atoms with Gasteiger partial charge in [0.25, 0.3) is 0 Å². The molecule has 8 heteroatoms. The molecule has 1 aromatic carbocycles. The van der Waals surface area contributed by atoms with Crippen LogP contribution in [0.5, 0.6) is 11.5 Å². The molecule has 0 spiro atoms. The second-order valence-electron chi connectivity index (χ2n) is 12.7. The highest BCUT2D eigenvalue weighted by atomic mass is 16.5. The van der Waals surface area contributed by atoms with Crippen LogP contribution in [0.2, 0.25) is 0 Å². The first-order valence-electron chi connectivity index (χ1n) is 14.0. The van der Waals surface area contributed by atoms with E-state index >= 15 is 0 Å². The van der Waals surface area contributed by atoms with E-state index in [9.17, 15) is 24.9 Å². The molecule has 3 aliphatic carbocycles. The summed E-state index contributed by atoms with van der Waals surface area (Å²) in [6.07, 6.45) is 6.32. The number of nitrogens with one attached hydrogen (secondary N) is 1. The summed E-state index contributed by atoms with van der Waals surface area (Å²) in [5.41, 5.74) is 0.758. The third-order valence-corrected chi connectivity index (χ3v) is 10.2. The highest BCUT2D eigenvalue weighted by molar-refractivity contribution is 5.88. The fourth-order valence-corrected chi connectivity index (χ4v) is 7.14. The Kier molecular flexibility index (Phi) is 6.94. The molecule has 4 fully saturated rings. The van der Waals surface area contributed by atoms with Crippen LogP contribution in [-0.2, 0) is 20.7 Å². The maximum atomic E-state index is 13.7. The van der Waals surface area contributed by atoms with E-state index in [4.69, 9.17) is 4.74 Å². The zero-order chi connectivity index (χ0) is 26.5. The fourth-order valence-electron chi connectivity index (χ4n) is 7.14. The number of benzene rings is 1. The van der Waals surface area contributed by atoms with E-state index in [1.165, 1.54) is 18.6 Å². The molecule has 204 valence electrons. The molecule has 1 heterocycles. The fraction of sp³-hybridized carbons (Fsp3) is 0.724. The molecule has 1 aliphatic heterocycles. The van der Waals surface area contributed by atoms with Crippen molar-refractivity contribution in [1.29, 1.82) is 0 Å². The molecule has 0 radical (unpaired) electrons. The molecule has 8 nitrogen and oxygen atoms in total. The number of aliphatic hydroxyl groups is 1. The Bertz CT molecular complexity index is 1040. The van der Waals surface area contributed by atoms with Crippen molar-refractivity contribution in [3.8, 4) is 11.5 Å². The van der Waals surface area contributed by atoms with Crippen LogP contribution in [0, 0.1) is 22.7 Å². The lowest BCUT2D eigenvalue weighted by atomic mass is 9.70. The van der Waals surface area contributed by atoms with Gasteiger partial charge < -0.3 is 25.0 Å². The molecule has 1 amide bonds. The summed E-state index contributed by atoms with van der Waals surface area (Å²) in [6.45, 7) is 7.35. The van der Waals surface area contributed by atoms with Gasteiger partial charge >= 0.3 is 5.97 Å². The molecule has 4 N–H and O–H groups in total. The van der Waals surface area contributed by atoms with Crippen molar-refractivity contribution >= 4 is 11.9 Å². The van der Waals surface area contributed by atoms with Gasteiger partial charge in [0, 0.05) is 18.4 Å². The van der Waals surface area contributed by atoms with Crippen molar-refractivity contribution in [3.05, 3.63) is 23.8 Å². The molecule has 3 saturated carbocycles. The van der Waals surface area contributed by atoms with E-state index in [2.05, 4.69) is 26.1 Å². The summed E-state index contributed by atoms with van der Waals surface area (Å²) in [5.74, 6) is 0.102. The van der Waals surface area contributed by atoms with Gasteiger partial charge in [-0.2, -0.15) is 0 Å². The summed E-state index contributed by atoms with van der Waals surface area (Å²) in [7, 11) is 0. The quantitative estimate of drug-likeness (QED) is 0.226. The van der Waals surface area contributed by atoms with Crippen LogP contribution in [-0.4, -0.2) is 63.1 Å². The molecule has 6 unspecified atom stereocenters. The van der Waals surface area contributed by atoms with Crippen LogP contribution in [0.15, 0.2) is 18.2 Å². The van der Waals surface area contributed by atoms with E-state index in [0.29, 0.717) is 36.8 Å². The molecule has 4 aliphatic rings. The topological polar surface area (TPSA) is 119 Å². The van der Waals surface area contributed by atoms with E-state index in [1.807, 2.05) is 0 Å². The van der Waals surface area contributed by atoms with Crippen molar-refractivity contribution in [2.24, 2.45) is 22.7 Å². The lowest BCUT2D eigenvalue weighted by Crippen LogP contribution is -2.54. The number of carbonyl (C=O) groups is 2. The minimum absolute atomic E-state index is 0.0242. The third kappa shape index (κ3) is 4.94. The number of phenols is 2. The highest BCUT2D eigenvalue weighted by Crippen LogP contribution is 2.66. The third-order valence-electron chi connectivity index (χ3n) is 10.2. The largest absolute Gasteiger partial charge is 0.504 e. The molecule has 37 heavy (non-hydrogen) atoms. The summed E-state index contributed by atoms with van der Waals surface area (Å²) in [4.78, 5) is 28.8. The van der Waals surface area contributed by atoms with Crippen LogP contribution in [0.1, 0.15) is 77.7 Å². The van der Waals surface area contributed by atoms with Crippen LogP contribution in [0.4, 0.5) is 0 Å². The minimum atomic E-state index is -1.01. The standard InChI is InChI=1S/C29H42N2O6/c1-28(2)19-10-11-29(28,3)24(16-19)37-27(36)21-5-4-12-31(21)26(35)20(13-17-6-7-17)30-25(34)15-18-8-9-22(32)23(33)14-18/h8-9,14,17,19-21,24-25,30,32-34H,4-7,10-13,15-16H2,1-3H3. The number of rotatable bonds is 9. The number of amides is 1. The number of hydrogen-bond donors (Lipinski definition) is 4. The molecule has 1 aromatic rings. The highest BCUT2D eigenvalue weighted by Gasteiger charge is 2.63. The number of nitrogens with zero attached hydrogens (tertiary/aromatic N) is 1. The van der Waals surface area contributed by atoms with Crippen LogP contribution in [0.25, 0.3) is 0 Å². The van der Waals surface area contributed by atoms with Crippen LogP contribution >= 0.6 is 0 Å². The molecule has 6 atom stereocenters. The number of carbonyl (C=O) groups excluding carboxylic acids is 2. The van der Waals surface area contributed by atoms with E-state index < -0.39 is 18.3 Å². The molecule has 1 saturated heterocycles. The Balaban J connectivity index is 1.24. The number of aliphatic hydroxyl groups excluding tert-OH is 1. The Morgan fingerprint density at radius 1 is 1.14 bits per heavy atom. The van der Waals surface area contributed by atoms with Crippen molar-refractivity contribution in [2.45, 2.75) is 103 Å². The summed E-state index contributed by atoms with van der Waals surface area (Å²) in [6, 6.07) is 3.24. The number of likely N-dealkylation sites (tertiary alicyclic amines) is 1. The van der Waals surface area contributed by atoms with Crippen LogP contribution in [0.3, 0.4) is 0 Å². The van der Waals surface area contributed by atoms with Crippen molar-refractivity contribution in [1.82, 2.24) is 10.2 Å². The Morgan fingerprint density at radius 3 is 2.51 bits per heavy atom. The average molecular weight is 515 g/mol. The maximum absolute atomic E-state index is 13.7. The zero-order valence-corrected chi connectivity index (χ0v) is 22.3. The summed E-state index contributed by atoms with van der Waals surface area (Å²) < 4.78 is 6.16. The van der Waals surface area contributed by atoms with Gasteiger partial charge in [-0.05, 0) is 73.5 Å². The molecule has 0 aromatic heterocycles. The van der Waals surface area contributed by atoms with Crippen molar-refractivity contribution < 1.29 is 29.6 Å². The Morgan fingerprint density at radius 2 is 1.89 bits per heavy atom. The smallest absolute Gasteiger partial charge is 0.329 e. The second kappa shape index (κ2) is 9.77. The van der Waals surface area contributed by atoms with E-state index in [-0.39, 0.29) is 46.7 Å². The Hall–Kier alpha value is -2.32. The Labute approximate surface area is 219 Å². The molecular formula is C29H42N2O6. The van der Waals surface area contributed by atoms with Gasteiger partial charge in [0.05, 0.1) is 6.04 Å². The number of ether oxygens (including phenoxy) is 1. The van der Waals surface area contributed by atoms with Gasteiger partial charge in [0.1, 0.15) is 18.4 Å². The molecule has 5 rings (SSSR count). The first kappa shape index (κ1) is 26.3. The monoisotopic (exact) mass is 514 g/mol. The lowest BCUT2D eigenvalue weighted by Gasteiger charge is -2.39. The van der Waals surface area contributed by atoms with Gasteiger partial charge in [-0.15, -0.1) is 0 Å².